The highest BCUT2D eigenvalue weighted by atomic mass is 32.2. The molecule has 0 spiro atoms. The number of carbonyl (C=O) groups is 3. The molecule has 0 bridgehead atoms. The number of carbonyl (C=O) groups excluding carboxylic acids is 3. The highest BCUT2D eigenvalue weighted by Crippen LogP contribution is 2.34. The molecule has 2 heterocycles. The summed E-state index contributed by atoms with van der Waals surface area (Å²) in [5, 5.41) is 12.1. The van der Waals surface area contributed by atoms with E-state index in [1.807, 2.05) is 35.9 Å². The van der Waals surface area contributed by atoms with Crippen molar-refractivity contribution in [2.45, 2.75) is 25.9 Å². The summed E-state index contributed by atoms with van der Waals surface area (Å²) in [6, 6.07) is 7.62. The number of amides is 2. The molecule has 0 saturated carbocycles. The summed E-state index contributed by atoms with van der Waals surface area (Å²) in [6.45, 7) is 6.49. The Labute approximate surface area is 224 Å². The Bertz CT molecular complexity index is 1280. The van der Waals surface area contributed by atoms with E-state index in [1.54, 1.807) is 21.0 Å². The van der Waals surface area contributed by atoms with Crippen LogP contribution >= 0.6 is 23.1 Å². The van der Waals surface area contributed by atoms with Crippen LogP contribution in [-0.2, 0) is 16.6 Å². The number of aromatic nitrogens is 3. The van der Waals surface area contributed by atoms with Gasteiger partial charge in [0.25, 0.3) is 5.91 Å². The number of benzene rings is 1. The molecule has 12 heteroatoms. The van der Waals surface area contributed by atoms with E-state index in [9.17, 15) is 14.4 Å². The maximum absolute atomic E-state index is 12.8. The van der Waals surface area contributed by atoms with E-state index >= 15 is 0 Å². The lowest BCUT2D eigenvalue weighted by atomic mass is 10.1. The SMILES string of the molecule is COC(=O)c1c(NC(=O)CSc2nnc(-c3ccc(OCC(C)C)cc3)n2C)sc(C(=O)N(C)C)c1C. The molecule has 37 heavy (non-hydrogen) atoms. The quantitative estimate of drug-likeness (QED) is 0.299. The molecule has 0 saturated heterocycles. The van der Waals surface area contributed by atoms with Gasteiger partial charge in [0.2, 0.25) is 5.91 Å². The van der Waals surface area contributed by atoms with Crippen LogP contribution in [0.4, 0.5) is 5.00 Å². The third-order valence-electron chi connectivity index (χ3n) is 5.25. The van der Waals surface area contributed by atoms with Crippen LogP contribution in [0.2, 0.25) is 0 Å². The van der Waals surface area contributed by atoms with Crippen molar-refractivity contribution in [1.82, 2.24) is 19.7 Å². The minimum Gasteiger partial charge on any atom is -0.493 e. The van der Waals surface area contributed by atoms with Gasteiger partial charge in [0, 0.05) is 26.7 Å². The van der Waals surface area contributed by atoms with Crippen LogP contribution in [0.5, 0.6) is 5.75 Å². The predicted octanol–water partition coefficient (Wildman–Crippen LogP) is 4.11. The number of esters is 1. The van der Waals surface area contributed by atoms with Gasteiger partial charge in [0.05, 0.1) is 29.9 Å². The van der Waals surface area contributed by atoms with Crippen molar-refractivity contribution in [1.29, 1.82) is 0 Å². The van der Waals surface area contributed by atoms with E-state index in [4.69, 9.17) is 9.47 Å². The molecule has 0 atom stereocenters. The van der Waals surface area contributed by atoms with Gasteiger partial charge in [-0.3, -0.25) is 9.59 Å². The minimum absolute atomic E-state index is 0.0302. The van der Waals surface area contributed by atoms with Crippen LogP contribution in [0.1, 0.15) is 39.4 Å². The summed E-state index contributed by atoms with van der Waals surface area (Å²) in [6.07, 6.45) is 0. The number of nitrogens with zero attached hydrogens (tertiary/aromatic N) is 4. The van der Waals surface area contributed by atoms with Crippen LogP contribution in [0.15, 0.2) is 29.4 Å². The maximum Gasteiger partial charge on any atom is 0.341 e. The van der Waals surface area contributed by atoms with Crippen molar-refractivity contribution in [3.63, 3.8) is 0 Å². The van der Waals surface area contributed by atoms with Crippen molar-refractivity contribution in [3.05, 3.63) is 40.3 Å². The van der Waals surface area contributed by atoms with Crippen molar-refractivity contribution in [3.8, 4) is 17.1 Å². The van der Waals surface area contributed by atoms with Gasteiger partial charge in [-0.25, -0.2) is 4.79 Å². The van der Waals surface area contributed by atoms with Crippen molar-refractivity contribution in [2.24, 2.45) is 13.0 Å². The zero-order chi connectivity index (χ0) is 27.3. The highest BCUT2D eigenvalue weighted by Gasteiger charge is 2.27. The van der Waals surface area contributed by atoms with Crippen LogP contribution in [0.25, 0.3) is 11.4 Å². The summed E-state index contributed by atoms with van der Waals surface area (Å²) < 4.78 is 12.4. The van der Waals surface area contributed by atoms with Crippen molar-refractivity contribution in [2.75, 3.05) is 38.9 Å². The lowest BCUT2D eigenvalue weighted by Crippen LogP contribution is -2.21. The Morgan fingerprint density at radius 1 is 1.16 bits per heavy atom. The minimum atomic E-state index is -0.618. The molecule has 0 aliphatic rings. The van der Waals surface area contributed by atoms with E-state index < -0.39 is 5.97 Å². The Kier molecular flexibility index (Phi) is 9.33. The fraction of sp³-hybridized carbons (Fsp3) is 0.400. The average Bonchev–Trinajstić information content (AvgIpc) is 3.39. The summed E-state index contributed by atoms with van der Waals surface area (Å²) in [4.78, 5) is 39.4. The lowest BCUT2D eigenvalue weighted by Gasteiger charge is -2.09. The first-order chi connectivity index (χ1) is 17.5. The first-order valence-electron chi connectivity index (χ1n) is 11.5. The number of thioether (sulfide) groups is 1. The average molecular weight is 546 g/mol. The lowest BCUT2D eigenvalue weighted by molar-refractivity contribution is -0.113. The fourth-order valence-corrected chi connectivity index (χ4v) is 5.25. The molecule has 198 valence electrons. The standard InChI is InChI=1S/C25H31N5O5S2/c1-14(2)12-35-17-10-8-16(9-11-17)21-27-28-25(30(21)6)36-13-18(31)26-22-19(24(33)34-7)15(3)20(37-22)23(32)29(4)5/h8-11,14H,12-13H2,1-7H3,(H,26,31). The third kappa shape index (κ3) is 6.69. The number of hydrogen-bond acceptors (Lipinski definition) is 9. The zero-order valence-electron chi connectivity index (χ0n) is 21.9. The molecule has 1 aromatic carbocycles. The van der Waals surface area contributed by atoms with E-state index in [0.29, 0.717) is 33.9 Å². The monoisotopic (exact) mass is 545 g/mol. The number of thiophene rings is 1. The summed E-state index contributed by atoms with van der Waals surface area (Å²) >= 11 is 2.26. The zero-order valence-corrected chi connectivity index (χ0v) is 23.6. The molecule has 0 unspecified atom stereocenters. The molecule has 2 amide bonds. The molecule has 0 radical (unpaired) electrons. The maximum atomic E-state index is 12.8. The first kappa shape index (κ1) is 28.2. The third-order valence-corrected chi connectivity index (χ3v) is 7.47. The van der Waals surface area contributed by atoms with E-state index in [1.165, 1.54) is 23.8 Å². The Hall–Kier alpha value is -3.38. The largest absolute Gasteiger partial charge is 0.493 e. The molecule has 0 aliphatic heterocycles. The Morgan fingerprint density at radius 3 is 2.43 bits per heavy atom. The van der Waals surface area contributed by atoms with Crippen LogP contribution in [0, 0.1) is 12.8 Å². The van der Waals surface area contributed by atoms with Gasteiger partial charge in [-0.05, 0) is 42.7 Å². The topological polar surface area (TPSA) is 116 Å². The van der Waals surface area contributed by atoms with Crippen molar-refractivity contribution < 1.29 is 23.9 Å². The first-order valence-corrected chi connectivity index (χ1v) is 13.3. The molecular formula is C25H31N5O5S2. The molecule has 2 aromatic heterocycles. The van der Waals surface area contributed by atoms with Gasteiger partial charge in [0.15, 0.2) is 11.0 Å². The van der Waals surface area contributed by atoms with Crippen LogP contribution in [0.3, 0.4) is 0 Å². The Morgan fingerprint density at radius 2 is 1.84 bits per heavy atom. The Balaban J connectivity index is 1.70. The second-order valence-electron chi connectivity index (χ2n) is 8.88. The molecule has 0 aliphatic carbocycles. The summed E-state index contributed by atoms with van der Waals surface area (Å²) in [7, 11) is 6.33. The van der Waals surface area contributed by atoms with Gasteiger partial charge in [0.1, 0.15) is 10.8 Å². The second-order valence-corrected chi connectivity index (χ2v) is 10.8. The number of hydrogen-bond donors (Lipinski definition) is 1. The van der Waals surface area contributed by atoms with Gasteiger partial charge >= 0.3 is 5.97 Å². The highest BCUT2D eigenvalue weighted by molar-refractivity contribution is 7.99. The van der Waals surface area contributed by atoms with Gasteiger partial charge in [-0.15, -0.1) is 21.5 Å². The van der Waals surface area contributed by atoms with Gasteiger partial charge in [-0.2, -0.15) is 0 Å². The summed E-state index contributed by atoms with van der Waals surface area (Å²) in [5.41, 5.74) is 1.52. The molecule has 10 nitrogen and oxygen atoms in total. The normalized spacial score (nSPS) is 10.9. The smallest absolute Gasteiger partial charge is 0.341 e. The number of nitrogens with one attached hydrogen (secondary N) is 1. The predicted molar refractivity (Wildman–Crippen MR) is 145 cm³/mol. The molecule has 3 aromatic rings. The number of methoxy groups -OCH3 is 1. The number of rotatable bonds is 10. The van der Waals surface area contributed by atoms with E-state index in [2.05, 4.69) is 29.4 Å². The van der Waals surface area contributed by atoms with Gasteiger partial charge in [-0.1, -0.05) is 25.6 Å². The fourth-order valence-electron chi connectivity index (χ4n) is 3.30. The number of anilines is 1. The van der Waals surface area contributed by atoms with Crippen LogP contribution in [-0.4, -0.2) is 71.0 Å². The molecule has 0 fully saturated rings. The van der Waals surface area contributed by atoms with Crippen LogP contribution < -0.4 is 10.1 Å². The summed E-state index contributed by atoms with van der Waals surface area (Å²) in [5.74, 6) is 0.693. The van der Waals surface area contributed by atoms with Gasteiger partial charge < -0.3 is 24.3 Å². The van der Waals surface area contributed by atoms with E-state index in [-0.39, 0.29) is 28.1 Å². The molecular weight excluding hydrogens is 514 g/mol. The number of ether oxygens (including phenoxy) is 2. The van der Waals surface area contributed by atoms with E-state index in [0.717, 1.165) is 22.6 Å². The molecule has 3 rings (SSSR count). The van der Waals surface area contributed by atoms with Crippen molar-refractivity contribution >= 4 is 45.9 Å². The molecule has 1 N–H and O–H groups in total. The second kappa shape index (κ2) is 12.2.